The van der Waals surface area contributed by atoms with Gasteiger partial charge in [0.05, 0.1) is 0 Å². The Morgan fingerprint density at radius 3 is 2.61 bits per heavy atom. The van der Waals surface area contributed by atoms with Crippen LogP contribution in [0.15, 0.2) is 42.5 Å². The highest BCUT2D eigenvalue weighted by Gasteiger charge is 2.57. The number of piperidine rings is 1. The zero-order valence-corrected chi connectivity index (χ0v) is 13.8. The number of carbonyl (C=O) groups is 1. The second-order valence-corrected chi connectivity index (χ2v) is 7.70. The second-order valence-electron chi connectivity index (χ2n) is 7.70. The van der Waals surface area contributed by atoms with Crippen molar-refractivity contribution < 1.29 is 4.79 Å². The third-order valence-corrected chi connectivity index (χ3v) is 5.37. The van der Waals surface area contributed by atoms with Gasteiger partial charge in [-0.15, -0.1) is 0 Å². The molecule has 1 amide bonds. The molecule has 3 atom stereocenters. The summed E-state index contributed by atoms with van der Waals surface area (Å²) in [7, 11) is 0. The van der Waals surface area contributed by atoms with Crippen molar-refractivity contribution >= 4 is 16.7 Å². The molecule has 0 radical (unpaired) electrons. The second kappa shape index (κ2) is 5.34. The molecular formula is C20H24N2O. The first-order chi connectivity index (χ1) is 11.1. The molecule has 120 valence electrons. The van der Waals surface area contributed by atoms with Crippen LogP contribution in [0, 0.1) is 17.8 Å². The van der Waals surface area contributed by atoms with Crippen molar-refractivity contribution in [2.24, 2.45) is 17.8 Å². The van der Waals surface area contributed by atoms with Crippen molar-refractivity contribution in [2.45, 2.75) is 25.8 Å². The molecule has 2 N–H and O–H groups in total. The number of rotatable bonds is 4. The fraction of sp³-hybridized carbons (Fsp3) is 0.450. The highest BCUT2D eigenvalue weighted by molar-refractivity contribution is 5.86. The Morgan fingerprint density at radius 2 is 1.83 bits per heavy atom. The Labute approximate surface area is 137 Å². The molecule has 0 bridgehead atoms. The molecular weight excluding hydrogens is 284 g/mol. The quantitative estimate of drug-likeness (QED) is 0.912. The fourth-order valence-electron chi connectivity index (χ4n) is 4.19. The van der Waals surface area contributed by atoms with Crippen LogP contribution in [0.2, 0.25) is 0 Å². The Kier molecular flexibility index (Phi) is 3.42. The SMILES string of the molecule is CC(C)(Cc1cccc2ccccc12)NC(=O)C1[C@H]2CNC[C@@H]12. The van der Waals surface area contributed by atoms with E-state index in [1.807, 2.05) is 0 Å². The highest BCUT2D eigenvalue weighted by atomic mass is 16.2. The molecule has 1 aliphatic heterocycles. The summed E-state index contributed by atoms with van der Waals surface area (Å²) in [5.74, 6) is 1.63. The smallest absolute Gasteiger partial charge is 0.224 e. The van der Waals surface area contributed by atoms with Crippen molar-refractivity contribution in [2.75, 3.05) is 13.1 Å². The Bertz CT molecular complexity index is 737. The van der Waals surface area contributed by atoms with Crippen LogP contribution in [0.4, 0.5) is 0 Å². The van der Waals surface area contributed by atoms with Crippen molar-refractivity contribution in [3.05, 3.63) is 48.0 Å². The number of fused-ring (bicyclic) bond motifs is 2. The van der Waals surface area contributed by atoms with Crippen LogP contribution in [-0.4, -0.2) is 24.5 Å². The summed E-state index contributed by atoms with van der Waals surface area (Å²) >= 11 is 0. The molecule has 1 saturated carbocycles. The molecule has 2 aromatic rings. The van der Waals surface area contributed by atoms with Gasteiger partial charge in [-0.3, -0.25) is 4.79 Å². The standard InChI is InChI=1S/C20H24N2O/c1-20(2,22-19(23)18-16-11-21-12-17(16)18)10-14-8-5-7-13-6-3-4-9-15(13)14/h3-9,16-18,21H,10-12H2,1-2H3,(H,22,23)/t16-,17+,18?. The fourth-order valence-corrected chi connectivity index (χ4v) is 4.19. The number of hydrogen-bond donors (Lipinski definition) is 2. The zero-order chi connectivity index (χ0) is 16.0. The molecule has 3 heteroatoms. The molecule has 2 fully saturated rings. The van der Waals surface area contributed by atoms with Crippen molar-refractivity contribution in [1.82, 2.24) is 10.6 Å². The Hall–Kier alpha value is -1.87. The van der Waals surface area contributed by atoms with Gasteiger partial charge in [-0.2, -0.15) is 0 Å². The molecule has 2 aliphatic rings. The van der Waals surface area contributed by atoms with Gasteiger partial charge in [-0.05, 0) is 61.5 Å². The minimum atomic E-state index is -0.231. The molecule has 1 unspecified atom stereocenters. The first-order valence-corrected chi connectivity index (χ1v) is 8.54. The summed E-state index contributed by atoms with van der Waals surface area (Å²) in [5.41, 5.74) is 1.07. The van der Waals surface area contributed by atoms with Gasteiger partial charge in [-0.1, -0.05) is 42.5 Å². The maximum Gasteiger partial charge on any atom is 0.224 e. The van der Waals surface area contributed by atoms with Gasteiger partial charge in [0, 0.05) is 11.5 Å². The van der Waals surface area contributed by atoms with E-state index in [4.69, 9.17) is 0 Å². The average molecular weight is 308 g/mol. The number of hydrogen-bond acceptors (Lipinski definition) is 2. The molecule has 2 aromatic carbocycles. The van der Waals surface area contributed by atoms with Crippen LogP contribution in [0.5, 0.6) is 0 Å². The first-order valence-electron chi connectivity index (χ1n) is 8.54. The Balaban J connectivity index is 1.49. The van der Waals surface area contributed by atoms with Gasteiger partial charge in [0.2, 0.25) is 5.91 Å². The summed E-state index contributed by atoms with van der Waals surface area (Å²) < 4.78 is 0. The normalized spacial score (nSPS) is 26.1. The predicted octanol–water partition coefficient (Wildman–Crippen LogP) is 2.74. The van der Waals surface area contributed by atoms with Gasteiger partial charge < -0.3 is 10.6 Å². The number of nitrogens with one attached hydrogen (secondary N) is 2. The molecule has 1 heterocycles. The van der Waals surface area contributed by atoms with Gasteiger partial charge in [-0.25, -0.2) is 0 Å². The summed E-state index contributed by atoms with van der Waals surface area (Å²) in [6, 6.07) is 14.9. The van der Waals surface area contributed by atoms with E-state index in [0.29, 0.717) is 11.8 Å². The van der Waals surface area contributed by atoms with E-state index in [1.165, 1.54) is 16.3 Å². The minimum absolute atomic E-state index is 0.231. The molecule has 1 aliphatic carbocycles. The van der Waals surface area contributed by atoms with Crippen LogP contribution < -0.4 is 10.6 Å². The monoisotopic (exact) mass is 308 g/mol. The van der Waals surface area contributed by atoms with Crippen LogP contribution in [0.3, 0.4) is 0 Å². The molecule has 3 nitrogen and oxygen atoms in total. The highest BCUT2D eigenvalue weighted by Crippen LogP contribution is 2.48. The third-order valence-electron chi connectivity index (χ3n) is 5.37. The van der Waals surface area contributed by atoms with Crippen LogP contribution in [-0.2, 0) is 11.2 Å². The summed E-state index contributed by atoms with van der Waals surface area (Å²) in [6.07, 6.45) is 0.848. The maximum atomic E-state index is 12.5. The lowest BCUT2D eigenvalue weighted by molar-refractivity contribution is -0.124. The summed E-state index contributed by atoms with van der Waals surface area (Å²) in [5, 5.41) is 9.18. The summed E-state index contributed by atoms with van der Waals surface area (Å²) in [4.78, 5) is 12.5. The minimum Gasteiger partial charge on any atom is -0.351 e. The van der Waals surface area contributed by atoms with E-state index in [2.05, 4.69) is 66.9 Å². The van der Waals surface area contributed by atoms with E-state index in [-0.39, 0.29) is 17.4 Å². The van der Waals surface area contributed by atoms with Gasteiger partial charge in [0.25, 0.3) is 0 Å². The van der Waals surface area contributed by atoms with E-state index < -0.39 is 0 Å². The topological polar surface area (TPSA) is 41.1 Å². The maximum absolute atomic E-state index is 12.5. The Morgan fingerprint density at radius 1 is 1.13 bits per heavy atom. The predicted molar refractivity (Wildman–Crippen MR) is 93.2 cm³/mol. The molecule has 0 spiro atoms. The molecule has 0 aromatic heterocycles. The zero-order valence-electron chi connectivity index (χ0n) is 13.8. The van der Waals surface area contributed by atoms with E-state index in [0.717, 1.165) is 19.5 Å². The average Bonchev–Trinajstić information content (AvgIpc) is 3.01. The van der Waals surface area contributed by atoms with Crippen molar-refractivity contribution in [3.63, 3.8) is 0 Å². The van der Waals surface area contributed by atoms with Crippen molar-refractivity contribution in [1.29, 1.82) is 0 Å². The lowest BCUT2D eigenvalue weighted by Crippen LogP contribution is -2.46. The first kappa shape index (κ1) is 14.7. The lowest BCUT2D eigenvalue weighted by Gasteiger charge is -2.27. The molecule has 4 rings (SSSR count). The van der Waals surface area contributed by atoms with E-state index in [1.54, 1.807) is 0 Å². The number of benzene rings is 2. The van der Waals surface area contributed by atoms with Crippen LogP contribution in [0.1, 0.15) is 19.4 Å². The number of amides is 1. The number of carbonyl (C=O) groups excluding carboxylic acids is 1. The third kappa shape index (κ3) is 2.74. The van der Waals surface area contributed by atoms with Gasteiger partial charge in [0.1, 0.15) is 0 Å². The van der Waals surface area contributed by atoms with Gasteiger partial charge >= 0.3 is 0 Å². The largest absolute Gasteiger partial charge is 0.351 e. The van der Waals surface area contributed by atoms with E-state index >= 15 is 0 Å². The van der Waals surface area contributed by atoms with Crippen LogP contribution >= 0.6 is 0 Å². The van der Waals surface area contributed by atoms with E-state index in [9.17, 15) is 4.79 Å². The molecule has 23 heavy (non-hydrogen) atoms. The molecule has 1 saturated heterocycles. The lowest BCUT2D eigenvalue weighted by atomic mass is 9.91. The summed E-state index contributed by atoms with van der Waals surface area (Å²) in [6.45, 7) is 6.27. The van der Waals surface area contributed by atoms with Crippen LogP contribution in [0.25, 0.3) is 10.8 Å². The van der Waals surface area contributed by atoms with Gasteiger partial charge in [0.15, 0.2) is 0 Å². The van der Waals surface area contributed by atoms with Crippen molar-refractivity contribution in [3.8, 4) is 0 Å².